The number of rotatable bonds is 9. The second kappa shape index (κ2) is 11.6. The second-order valence-corrected chi connectivity index (χ2v) is 6.57. The lowest BCUT2D eigenvalue weighted by atomic mass is 10.1. The van der Waals surface area contributed by atoms with E-state index < -0.39 is 11.9 Å². The number of carbonyl (C=O) groups excluding carboxylic acids is 2. The predicted octanol–water partition coefficient (Wildman–Crippen LogP) is 4.75. The van der Waals surface area contributed by atoms with Crippen LogP contribution in [0, 0.1) is 11.3 Å². The van der Waals surface area contributed by atoms with Crippen molar-refractivity contribution >= 4 is 29.6 Å². The Bertz CT molecular complexity index is 961. The highest BCUT2D eigenvalue weighted by Crippen LogP contribution is 2.30. The highest BCUT2D eigenvalue weighted by molar-refractivity contribution is 6.30. The molecule has 0 N–H and O–H groups in total. The third-order valence-electron chi connectivity index (χ3n) is 3.95. The molecule has 2 aromatic carbocycles. The van der Waals surface area contributed by atoms with Gasteiger partial charge >= 0.3 is 11.9 Å². The molecule has 7 heteroatoms. The SMILES string of the molecule is CCOC(=O)/C(C#N)=C/c1ccc(OC(=O)CCc2ccc(Cl)cc2)c(OCC)c1. The molecule has 2 rings (SSSR count). The van der Waals surface area contributed by atoms with Crippen LogP contribution >= 0.6 is 11.6 Å². The van der Waals surface area contributed by atoms with Crippen LogP contribution in [0.4, 0.5) is 0 Å². The zero-order chi connectivity index (χ0) is 21.9. The number of nitrogens with zero attached hydrogens (tertiary/aromatic N) is 1. The largest absolute Gasteiger partial charge is 0.490 e. The van der Waals surface area contributed by atoms with Gasteiger partial charge in [-0.1, -0.05) is 29.8 Å². The van der Waals surface area contributed by atoms with Crippen LogP contribution < -0.4 is 9.47 Å². The van der Waals surface area contributed by atoms with Crippen molar-refractivity contribution in [3.8, 4) is 17.6 Å². The van der Waals surface area contributed by atoms with Crippen molar-refractivity contribution in [1.82, 2.24) is 0 Å². The summed E-state index contributed by atoms with van der Waals surface area (Å²) in [6.45, 7) is 3.99. The summed E-state index contributed by atoms with van der Waals surface area (Å²) in [6.07, 6.45) is 2.11. The van der Waals surface area contributed by atoms with Crippen LogP contribution in [-0.2, 0) is 20.7 Å². The monoisotopic (exact) mass is 427 g/mol. The first kappa shape index (κ1) is 23.0. The van der Waals surface area contributed by atoms with Crippen molar-refractivity contribution in [3.63, 3.8) is 0 Å². The van der Waals surface area contributed by atoms with Crippen LogP contribution in [0.3, 0.4) is 0 Å². The van der Waals surface area contributed by atoms with Crippen LogP contribution in [0.1, 0.15) is 31.4 Å². The summed E-state index contributed by atoms with van der Waals surface area (Å²) in [6, 6.07) is 13.9. The molecule has 0 amide bonds. The Morgan fingerprint density at radius 3 is 2.43 bits per heavy atom. The number of ether oxygens (including phenoxy) is 3. The van der Waals surface area contributed by atoms with E-state index in [1.807, 2.05) is 18.2 Å². The lowest BCUT2D eigenvalue weighted by Crippen LogP contribution is -2.10. The molecule has 0 saturated carbocycles. The topological polar surface area (TPSA) is 85.6 Å². The summed E-state index contributed by atoms with van der Waals surface area (Å²) in [5.74, 6) is -0.494. The summed E-state index contributed by atoms with van der Waals surface area (Å²) in [4.78, 5) is 24.0. The first-order valence-electron chi connectivity index (χ1n) is 9.47. The zero-order valence-corrected chi connectivity index (χ0v) is 17.6. The Hall–Kier alpha value is -3.30. The normalized spacial score (nSPS) is 10.8. The highest BCUT2D eigenvalue weighted by Gasteiger charge is 2.14. The Morgan fingerprint density at radius 2 is 1.80 bits per heavy atom. The minimum Gasteiger partial charge on any atom is -0.490 e. The highest BCUT2D eigenvalue weighted by atomic mass is 35.5. The Kier molecular flexibility index (Phi) is 8.92. The number of aryl methyl sites for hydroxylation is 1. The fraction of sp³-hybridized carbons (Fsp3) is 0.261. The van der Waals surface area contributed by atoms with E-state index in [0.29, 0.717) is 29.4 Å². The van der Waals surface area contributed by atoms with Crippen LogP contribution in [0.15, 0.2) is 48.0 Å². The molecule has 0 unspecified atom stereocenters. The van der Waals surface area contributed by atoms with E-state index >= 15 is 0 Å². The molecular weight excluding hydrogens is 406 g/mol. The third-order valence-corrected chi connectivity index (χ3v) is 4.20. The van der Waals surface area contributed by atoms with Gasteiger partial charge in [-0.05, 0) is 61.7 Å². The molecule has 0 saturated heterocycles. The number of halogens is 1. The third kappa shape index (κ3) is 6.94. The van der Waals surface area contributed by atoms with E-state index in [1.165, 1.54) is 6.08 Å². The Morgan fingerprint density at radius 1 is 1.07 bits per heavy atom. The van der Waals surface area contributed by atoms with Gasteiger partial charge in [0.05, 0.1) is 13.2 Å². The standard InChI is InChI=1S/C23H22ClNO5/c1-3-28-21-14-17(13-18(15-25)23(27)29-4-2)7-11-20(21)30-22(26)12-8-16-5-9-19(24)10-6-16/h5-7,9-11,13-14H,3-4,8,12H2,1-2H3/b18-13+. The quantitative estimate of drug-likeness (QED) is 0.248. The minimum atomic E-state index is -0.698. The van der Waals surface area contributed by atoms with E-state index in [2.05, 4.69) is 0 Å². The Balaban J connectivity index is 2.12. The summed E-state index contributed by atoms with van der Waals surface area (Å²) < 4.78 is 15.9. The molecule has 0 aliphatic rings. The van der Waals surface area contributed by atoms with Gasteiger partial charge in [0.15, 0.2) is 11.5 Å². The summed E-state index contributed by atoms with van der Waals surface area (Å²) >= 11 is 5.86. The smallest absolute Gasteiger partial charge is 0.348 e. The van der Waals surface area contributed by atoms with Crippen molar-refractivity contribution in [2.75, 3.05) is 13.2 Å². The molecule has 0 aromatic heterocycles. The molecule has 2 aromatic rings. The number of nitriles is 1. The van der Waals surface area contributed by atoms with Gasteiger partial charge in [-0.25, -0.2) is 4.79 Å². The van der Waals surface area contributed by atoms with Gasteiger partial charge in [0, 0.05) is 11.4 Å². The van der Waals surface area contributed by atoms with Gasteiger partial charge in [0.1, 0.15) is 11.6 Å². The molecule has 0 atom stereocenters. The minimum absolute atomic E-state index is 0.132. The number of hydrogen-bond acceptors (Lipinski definition) is 6. The molecule has 30 heavy (non-hydrogen) atoms. The summed E-state index contributed by atoms with van der Waals surface area (Å²) in [5.41, 5.74) is 1.39. The van der Waals surface area contributed by atoms with Crippen molar-refractivity contribution in [2.24, 2.45) is 0 Å². The summed E-state index contributed by atoms with van der Waals surface area (Å²) in [5, 5.41) is 9.81. The molecule has 0 bridgehead atoms. The van der Waals surface area contributed by atoms with Crippen molar-refractivity contribution in [3.05, 3.63) is 64.2 Å². The molecule has 0 radical (unpaired) electrons. The van der Waals surface area contributed by atoms with Crippen LogP contribution in [-0.4, -0.2) is 25.2 Å². The van der Waals surface area contributed by atoms with Gasteiger partial charge in [0.25, 0.3) is 0 Å². The van der Waals surface area contributed by atoms with Crippen molar-refractivity contribution in [2.45, 2.75) is 26.7 Å². The molecule has 0 fully saturated rings. The summed E-state index contributed by atoms with van der Waals surface area (Å²) in [7, 11) is 0. The number of benzene rings is 2. The average Bonchev–Trinajstić information content (AvgIpc) is 2.73. The molecule has 6 nitrogen and oxygen atoms in total. The number of hydrogen-bond donors (Lipinski definition) is 0. The van der Waals surface area contributed by atoms with Crippen LogP contribution in [0.2, 0.25) is 5.02 Å². The van der Waals surface area contributed by atoms with E-state index in [1.54, 1.807) is 44.2 Å². The molecule has 0 spiro atoms. The first-order valence-corrected chi connectivity index (χ1v) is 9.85. The molecule has 0 heterocycles. The Labute approximate surface area is 180 Å². The molecule has 0 aliphatic heterocycles. The predicted molar refractivity (Wildman–Crippen MR) is 113 cm³/mol. The first-order chi connectivity index (χ1) is 14.5. The maximum absolute atomic E-state index is 12.3. The maximum Gasteiger partial charge on any atom is 0.348 e. The van der Waals surface area contributed by atoms with Gasteiger partial charge in [0.2, 0.25) is 0 Å². The fourth-order valence-electron chi connectivity index (χ4n) is 2.55. The van der Waals surface area contributed by atoms with Gasteiger partial charge in [-0.15, -0.1) is 0 Å². The number of esters is 2. The van der Waals surface area contributed by atoms with Gasteiger partial charge < -0.3 is 14.2 Å². The van der Waals surface area contributed by atoms with Crippen LogP contribution in [0.5, 0.6) is 11.5 Å². The average molecular weight is 428 g/mol. The van der Waals surface area contributed by atoms with E-state index in [9.17, 15) is 14.9 Å². The van der Waals surface area contributed by atoms with Gasteiger partial charge in [-0.3, -0.25) is 4.79 Å². The lowest BCUT2D eigenvalue weighted by Gasteiger charge is -2.12. The molecule has 0 aliphatic carbocycles. The molecule has 156 valence electrons. The second-order valence-electron chi connectivity index (χ2n) is 6.13. The zero-order valence-electron chi connectivity index (χ0n) is 16.8. The number of carbonyl (C=O) groups is 2. The van der Waals surface area contributed by atoms with Crippen molar-refractivity contribution in [1.29, 1.82) is 5.26 Å². The lowest BCUT2D eigenvalue weighted by molar-refractivity contribution is -0.138. The van der Waals surface area contributed by atoms with E-state index in [0.717, 1.165) is 5.56 Å². The van der Waals surface area contributed by atoms with Crippen LogP contribution in [0.25, 0.3) is 6.08 Å². The van der Waals surface area contributed by atoms with Crippen molar-refractivity contribution < 1.29 is 23.8 Å². The molecular formula is C23H22ClNO5. The fourth-order valence-corrected chi connectivity index (χ4v) is 2.68. The van der Waals surface area contributed by atoms with Gasteiger partial charge in [-0.2, -0.15) is 5.26 Å². The van der Waals surface area contributed by atoms with E-state index in [-0.39, 0.29) is 24.4 Å². The maximum atomic E-state index is 12.3. The van der Waals surface area contributed by atoms with E-state index in [4.69, 9.17) is 25.8 Å².